The number of thiocarbonyl (C=S) groups is 1. The lowest BCUT2D eigenvalue weighted by Crippen LogP contribution is -2.36. The van der Waals surface area contributed by atoms with E-state index >= 15 is 0 Å². The molecule has 36 heavy (non-hydrogen) atoms. The Kier molecular flexibility index (Phi) is 8.52. The summed E-state index contributed by atoms with van der Waals surface area (Å²) in [6.07, 6.45) is 0. The number of nitrogens with one attached hydrogen (secondary N) is 2. The number of anilines is 1. The third-order valence-electron chi connectivity index (χ3n) is 6.45. The predicted octanol–water partition coefficient (Wildman–Crippen LogP) is 5.53. The minimum Gasteiger partial charge on any atom is -0.379 e. The third kappa shape index (κ3) is 7.00. The van der Waals surface area contributed by atoms with Crippen molar-refractivity contribution in [3.8, 4) is 0 Å². The van der Waals surface area contributed by atoms with Crippen LogP contribution in [0.5, 0.6) is 0 Å². The lowest BCUT2D eigenvalue weighted by molar-refractivity contribution is 0.0341. The van der Waals surface area contributed by atoms with Gasteiger partial charge in [-0.05, 0) is 46.5 Å². The largest absolute Gasteiger partial charge is 0.379 e. The van der Waals surface area contributed by atoms with Gasteiger partial charge in [0.25, 0.3) is 0 Å². The fourth-order valence-electron chi connectivity index (χ4n) is 4.26. The number of hydrogen-bond acceptors (Lipinski definition) is 4. The van der Waals surface area contributed by atoms with Crippen molar-refractivity contribution in [2.24, 2.45) is 0 Å². The Morgan fingerprint density at radius 3 is 2.31 bits per heavy atom. The van der Waals surface area contributed by atoms with Crippen molar-refractivity contribution >= 4 is 28.8 Å². The number of carbonyl (C=O) groups excluding carboxylic acids is 1. The molecule has 1 heterocycles. The lowest BCUT2D eigenvalue weighted by Gasteiger charge is -2.27. The zero-order valence-corrected chi connectivity index (χ0v) is 22.2. The van der Waals surface area contributed by atoms with E-state index in [2.05, 4.69) is 60.6 Å². The number of hydrogen-bond donors (Lipinski definition) is 2. The minimum absolute atomic E-state index is 0.00460. The first-order valence-corrected chi connectivity index (χ1v) is 12.9. The van der Waals surface area contributed by atoms with Crippen molar-refractivity contribution in [2.75, 3.05) is 31.6 Å². The second-order valence-electron chi connectivity index (χ2n) is 10.2. The van der Waals surface area contributed by atoms with Crippen LogP contribution in [0, 0.1) is 0 Å². The molecule has 3 aromatic carbocycles. The van der Waals surface area contributed by atoms with E-state index in [1.807, 2.05) is 48.5 Å². The topological polar surface area (TPSA) is 53.6 Å². The number of morpholine rings is 1. The summed E-state index contributed by atoms with van der Waals surface area (Å²) in [6.45, 7) is 11.5. The number of rotatable bonds is 7. The Hall–Kier alpha value is -3.06. The van der Waals surface area contributed by atoms with Crippen molar-refractivity contribution < 1.29 is 9.53 Å². The highest BCUT2D eigenvalue weighted by molar-refractivity contribution is 7.80. The van der Waals surface area contributed by atoms with Crippen LogP contribution in [0.1, 0.15) is 53.4 Å². The highest BCUT2D eigenvalue weighted by atomic mass is 32.1. The van der Waals surface area contributed by atoms with E-state index in [1.54, 1.807) is 0 Å². The normalized spacial score (nSPS) is 14.3. The van der Waals surface area contributed by atoms with Crippen LogP contribution in [-0.4, -0.2) is 42.1 Å². The molecule has 0 atom stereocenters. The monoisotopic (exact) mass is 501 g/mol. The summed E-state index contributed by atoms with van der Waals surface area (Å²) in [7, 11) is 0. The van der Waals surface area contributed by atoms with Gasteiger partial charge in [0, 0.05) is 43.0 Å². The molecule has 0 amide bonds. The summed E-state index contributed by atoms with van der Waals surface area (Å²) < 4.78 is 5.47. The Morgan fingerprint density at radius 2 is 1.61 bits per heavy atom. The van der Waals surface area contributed by atoms with Crippen molar-refractivity contribution in [2.45, 2.75) is 39.3 Å². The fourth-order valence-corrected chi connectivity index (χ4v) is 4.45. The van der Waals surface area contributed by atoms with Gasteiger partial charge in [-0.25, -0.2) is 0 Å². The number of nitrogens with zero attached hydrogens (tertiary/aromatic N) is 1. The molecule has 0 radical (unpaired) electrons. The van der Waals surface area contributed by atoms with E-state index in [-0.39, 0.29) is 11.2 Å². The van der Waals surface area contributed by atoms with Crippen LogP contribution in [0.3, 0.4) is 0 Å². The number of carbonyl (C=O) groups is 1. The molecule has 6 heteroatoms. The predicted molar refractivity (Wildman–Crippen MR) is 151 cm³/mol. The highest BCUT2D eigenvalue weighted by Gasteiger charge is 2.16. The maximum atomic E-state index is 13.1. The molecular formula is C30H35N3O2S. The zero-order chi connectivity index (χ0) is 25.5. The third-order valence-corrected chi connectivity index (χ3v) is 6.70. The Labute approximate surface area is 219 Å². The van der Waals surface area contributed by atoms with Crippen molar-refractivity contribution in [1.29, 1.82) is 0 Å². The standard InChI is InChI=1S/C30H35N3O2S/c1-30(2,3)26-13-11-22(12-14-26)28(34)23-9-6-10-27(19-23)32-29(36)31-20-24-7-4-5-8-25(24)21-33-15-17-35-18-16-33/h4-14,19H,15-18,20-21H2,1-3H3,(H2,31,32,36). The molecule has 0 spiro atoms. The Balaban J connectivity index is 1.36. The van der Waals surface area contributed by atoms with E-state index in [9.17, 15) is 4.79 Å². The molecule has 4 rings (SSSR count). The van der Waals surface area contributed by atoms with Gasteiger partial charge in [-0.15, -0.1) is 0 Å². The molecule has 3 aromatic rings. The molecule has 0 aliphatic carbocycles. The van der Waals surface area contributed by atoms with Gasteiger partial charge >= 0.3 is 0 Å². The van der Waals surface area contributed by atoms with Gasteiger partial charge in [-0.2, -0.15) is 0 Å². The molecular weight excluding hydrogens is 466 g/mol. The first-order valence-electron chi connectivity index (χ1n) is 12.5. The highest BCUT2D eigenvalue weighted by Crippen LogP contribution is 2.23. The minimum atomic E-state index is -0.00460. The average molecular weight is 502 g/mol. The zero-order valence-electron chi connectivity index (χ0n) is 21.3. The average Bonchev–Trinajstić information content (AvgIpc) is 2.88. The molecule has 0 unspecified atom stereocenters. The van der Waals surface area contributed by atoms with Crippen LogP contribution < -0.4 is 10.6 Å². The van der Waals surface area contributed by atoms with Gasteiger partial charge in [0.15, 0.2) is 10.9 Å². The van der Waals surface area contributed by atoms with E-state index in [0.29, 0.717) is 22.8 Å². The summed E-state index contributed by atoms with van der Waals surface area (Å²) in [5.41, 5.74) is 5.86. The molecule has 1 aliphatic rings. The first-order chi connectivity index (χ1) is 17.3. The molecule has 5 nitrogen and oxygen atoms in total. The van der Waals surface area contributed by atoms with Crippen LogP contribution in [0.25, 0.3) is 0 Å². The van der Waals surface area contributed by atoms with Crippen LogP contribution in [0.15, 0.2) is 72.8 Å². The fraction of sp³-hybridized carbons (Fsp3) is 0.333. The molecule has 0 bridgehead atoms. The summed E-state index contributed by atoms with van der Waals surface area (Å²) in [6, 6.07) is 23.8. The van der Waals surface area contributed by atoms with Gasteiger partial charge in [0.05, 0.1) is 13.2 Å². The smallest absolute Gasteiger partial charge is 0.193 e. The number of ether oxygens (including phenoxy) is 1. The van der Waals surface area contributed by atoms with Gasteiger partial charge in [-0.1, -0.05) is 81.4 Å². The SMILES string of the molecule is CC(C)(C)c1ccc(C(=O)c2cccc(NC(=S)NCc3ccccc3CN3CCOCC3)c2)cc1. The molecule has 1 saturated heterocycles. The number of ketones is 1. The molecule has 0 aromatic heterocycles. The van der Waals surface area contributed by atoms with Crippen molar-refractivity contribution in [3.63, 3.8) is 0 Å². The maximum absolute atomic E-state index is 13.1. The molecule has 1 fully saturated rings. The Morgan fingerprint density at radius 1 is 0.917 bits per heavy atom. The van der Waals surface area contributed by atoms with Crippen molar-refractivity contribution in [3.05, 3.63) is 101 Å². The van der Waals surface area contributed by atoms with Crippen LogP contribution in [0.2, 0.25) is 0 Å². The van der Waals surface area contributed by atoms with Crippen LogP contribution in [0.4, 0.5) is 5.69 Å². The van der Waals surface area contributed by atoms with Crippen molar-refractivity contribution in [1.82, 2.24) is 10.2 Å². The Bertz CT molecular complexity index is 1200. The summed E-state index contributed by atoms with van der Waals surface area (Å²) in [5, 5.41) is 7.07. The van der Waals surface area contributed by atoms with Gasteiger partial charge in [0.2, 0.25) is 0 Å². The second-order valence-corrected chi connectivity index (χ2v) is 10.6. The first kappa shape index (κ1) is 26.0. The van der Waals surface area contributed by atoms with Gasteiger partial charge in [-0.3, -0.25) is 9.69 Å². The van der Waals surface area contributed by atoms with Crippen LogP contribution in [-0.2, 0) is 23.2 Å². The number of benzene rings is 3. The quantitative estimate of drug-likeness (QED) is 0.328. The second kappa shape index (κ2) is 11.8. The van der Waals surface area contributed by atoms with Crippen LogP contribution >= 0.6 is 12.2 Å². The molecule has 1 aliphatic heterocycles. The van der Waals surface area contributed by atoms with E-state index in [1.165, 1.54) is 16.7 Å². The van der Waals surface area contributed by atoms with Gasteiger partial charge < -0.3 is 15.4 Å². The van der Waals surface area contributed by atoms with E-state index in [0.717, 1.165) is 38.5 Å². The summed E-state index contributed by atoms with van der Waals surface area (Å²) >= 11 is 5.56. The maximum Gasteiger partial charge on any atom is 0.193 e. The van der Waals surface area contributed by atoms with Gasteiger partial charge in [0.1, 0.15) is 0 Å². The summed E-state index contributed by atoms with van der Waals surface area (Å²) in [4.78, 5) is 15.5. The lowest BCUT2D eigenvalue weighted by atomic mass is 9.86. The molecule has 2 N–H and O–H groups in total. The molecule has 0 saturated carbocycles. The van der Waals surface area contributed by atoms with E-state index in [4.69, 9.17) is 17.0 Å². The summed E-state index contributed by atoms with van der Waals surface area (Å²) in [5.74, 6) is -0.00460. The van der Waals surface area contributed by atoms with E-state index < -0.39 is 0 Å². The molecule has 188 valence electrons.